The van der Waals surface area contributed by atoms with E-state index >= 15 is 0 Å². The van der Waals surface area contributed by atoms with Crippen molar-refractivity contribution in [2.24, 2.45) is 5.92 Å². The lowest BCUT2D eigenvalue weighted by Gasteiger charge is -2.15. The van der Waals surface area contributed by atoms with E-state index in [0.717, 1.165) is 18.3 Å². The molecule has 1 aromatic heterocycles. The van der Waals surface area contributed by atoms with Gasteiger partial charge in [-0.15, -0.1) is 0 Å². The summed E-state index contributed by atoms with van der Waals surface area (Å²) in [5.74, 6) is -2.11. The van der Waals surface area contributed by atoms with E-state index in [1.54, 1.807) is 0 Å². The zero-order valence-electron chi connectivity index (χ0n) is 10.2. The summed E-state index contributed by atoms with van der Waals surface area (Å²) in [4.78, 5) is 27.3. The normalized spacial score (nSPS) is 19.1. The number of carbonyl (C=O) groups is 2. The summed E-state index contributed by atoms with van der Waals surface area (Å²) in [7, 11) is 0. The number of carbonyl (C=O) groups excluding carboxylic acids is 1. The smallest absolute Gasteiger partial charge is 0.433 e. The van der Waals surface area contributed by atoms with Crippen LogP contribution in [0.2, 0.25) is 0 Å². The molecule has 1 N–H and O–H groups in total. The summed E-state index contributed by atoms with van der Waals surface area (Å²) in [6, 6.07) is 1.78. The Labute approximate surface area is 112 Å². The highest BCUT2D eigenvalue weighted by molar-refractivity contribution is 5.94. The molecular formula is C12H11F3N2O3. The fraction of sp³-hybridized carbons (Fsp3) is 0.417. The van der Waals surface area contributed by atoms with E-state index in [-0.39, 0.29) is 18.7 Å². The Morgan fingerprint density at radius 2 is 2.05 bits per heavy atom. The van der Waals surface area contributed by atoms with Gasteiger partial charge in [0.2, 0.25) is 0 Å². The van der Waals surface area contributed by atoms with Gasteiger partial charge in [0.1, 0.15) is 5.69 Å². The molecule has 1 aliphatic rings. The van der Waals surface area contributed by atoms with Crippen LogP contribution in [0.3, 0.4) is 0 Å². The molecule has 1 atom stereocenters. The molecule has 0 radical (unpaired) electrons. The van der Waals surface area contributed by atoms with Gasteiger partial charge in [-0.3, -0.25) is 14.6 Å². The summed E-state index contributed by atoms with van der Waals surface area (Å²) < 4.78 is 37.0. The average Bonchev–Trinajstić information content (AvgIpc) is 2.86. The van der Waals surface area contributed by atoms with E-state index in [9.17, 15) is 22.8 Å². The standard InChI is InChI=1S/C12H11F3N2O3/c13-12(14,15)9-2-1-7(5-16-9)10(18)17-4-3-8(6-17)11(19)20/h1-2,5,8H,3-4,6H2,(H,19,20)/t8-/m0/s1. The van der Waals surface area contributed by atoms with E-state index in [4.69, 9.17) is 5.11 Å². The maximum absolute atomic E-state index is 12.3. The van der Waals surface area contributed by atoms with Crippen molar-refractivity contribution in [2.45, 2.75) is 12.6 Å². The summed E-state index contributed by atoms with van der Waals surface area (Å²) in [5, 5.41) is 8.83. The Bertz CT molecular complexity index is 528. The van der Waals surface area contributed by atoms with Crippen molar-refractivity contribution in [2.75, 3.05) is 13.1 Å². The van der Waals surface area contributed by atoms with Gasteiger partial charge in [-0.05, 0) is 18.6 Å². The van der Waals surface area contributed by atoms with E-state index < -0.39 is 29.7 Å². The molecule has 0 unspecified atom stereocenters. The third kappa shape index (κ3) is 2.89. The van der Waals surface area contributed by atoms with Crippen molar-refractivity contribution in [1.29, 1.82) is 0 Å². The topological polar surface area (TPSA) is 70.5 Å². The number of carboxylic acid groups (broad SMARTS) is 1. The first-order chi connectivity index (χ1) is 9.29. The molecule has 108 valence electrons. The SMILES string of the molecule is O=C(O)[C@H]1CCN(C(=O)c2ccc(C(F)(F)F)nc2)C1. The van der Waals surface area contributed by atoms with E-state index in [0.29, 0.717) is 6.42 Å². The molecule has 0 spiro atoms. The number of rotatable bonds is 2. The van der Waals surface area contributed by atoms with E-state index in [2.05, 4.69) is 4.98 Å². The van der Waals surface area contributed by atoms with Gasteiger partial charge in [0.05, 0.1) is 11.5 Å². The van der Waals surface area contributed by atoms with Crippen LogP contribution >= 0.6 is 0 Å². The second-order valence-corrected chi connectivity index (χ2v) is 4.50. The highest BCUT2D eigenvalue weighted by atomic mass is 19.4. The van der Waals surface area contributed by atoms with Crippen LogP contribution in [-0.4, -0.2) is 40.0 Å². The van der Waals surface area contributed by atoms with Gasteiger partial charge in [-0.1, -0.05) is 0 Å². The monoisotopic (exact) mass is 288 g/mol. The molecule has 0 aromatic carbocycles. The molecule has 1 fully saturated rings. The lowest BCUT2D eigenvalue weighted by atomic mass is 10.1. The number of nitrogens with zero attached hydrogens (tertiary/aromatic N) is 2. The second-order valence-electron chi connectivity index (χ2n) is 4.50. The van der Waals surface area contributed by atoms with Crippen LogP contribution < -0.4 is 0 Å². The van der Waals surface area contributed by atoms with Crippen molar-refractivity contribution in [3.05, 3.63) is 29.6 Å². The van der Waals surface area contributed by atoms with Crippen molar-refractivity contribution in [3.63, 3.8) is 0 Å². The minimum atomic E-state index is -4.55. The minimum Gasteiger partial charge on any atom is -0.481 e. The number of alkyl halides is 3. The number of likely N-dealkylation sites (tertiary alicyclic amines) is 1. The summed E-state index contributed by atoms with van der Waals surface area (Å²) in [6.07, 6.45) is -3.35. The van der Waals surface area contributed by atoms with Crippen molar-refractivity contribution < 1.29 is 27.9 Å². The van der Waals surface area contributed by atoms with Gasteiger partial charge >= 0.3 is 12.1 Å². The Kier molecular flexibility index (Phi) is 3.65. The van der Waals surface area contributed by atoms with Crippen molar-refractivity contribution >= 4 is 11.9 Å². The molecule has 2 heterocycles. The summed E-state index contributed by atoms with van der Waals surface area (Å²) in [6.45, 7) is 0.339. The molecule has 1 aromatic rings. The number of carboxylic acids is 1. The first kappa shape index (κ1) is 14.3. The van der Waals surface area contributed by atoms with Crippen LogP contribution in [0.25, 0.3) is 0 Å². The number of aromatic nitrogens is 1. The number of amides is 1. The Balaban J connectivity index is 2.09. The fourth-order valence-electron chi connectivity index (χ4n) is 2.02. The van der Waals surface area contributed by atoms with Crippen molar-refractivity contribution in [3.8, 4) is 0 Å². The zero-order valence-corrected chi connectivity index (χ0v) is 10.2. The maximum Gasteiger partial charge on any atom is 0.433 e. The number of hydrogen-bond donors (Lipinski definition) is 1. The van der Waals surface area contributed by atoms with Gasteiger partial charge in [0, 0.05) is 19.3 Å². The molecule has 1 saturated heterocycles. The Hall–Kier alpha value is -2.12. The molecule has 20 heavy (non-hydrogen) atoms. The zero-order chi connectivity index (χ0) is 14.9. The fourth-order valence-corrected chi connectivity index (χ4v) is 2.02. The quantitative estimate of drug-likeness (QED) is 0.898. The maximum atomic E-state index is 12.3. The Morgan fingerprint density at radius 1 is 1.35 bits per heavy atom. The summed E-state index contributed by atoms with van der Waals surface area (Å²) >= 11 is 0. The number of halogens is 3. The van der Waals surface area contributed by atoms with Gasteiger partial charge in [0.25, 0.3) is 5.91 Å². The Morgan fingerprint density at radius 3 is 2.50 bits per heavy atom. The van der Waals surface area contributed by atoms with E-state index in [1.165, 1.54) is 4.90 Å². The van der Waals surface area contributed by atoms with Crippen LogP contribution in [0.1, 0.15) is 22.5 Å². The second kappa shape index (κ2) is 5.10. The van der Waals surface area contributed by atoms with Gasteiger partial charge in [-0.25, -0.2) is 0 Å². The molecule has 0 aliphatic carbocycles. The molecule has 5 nitrogen and oxygen atoms in total. The predicted molar refractivity (Wildman–Crippen MR) is 60.9 cm³/mol. The number of hydrogen-bond acceptors (Lipinski definition) is 3. The highest BCUT2D eigenvalue weighted by Gasteiger charge is 2.34. The minimum absolute atomic E-state index is 0.0176. The van der Waals surface area contributed by atoms with Gasteiger partial charge < -0.3 is 10.0 Å². The lowest BCUT2D eigenvalue weighted by Crippen LogP contribution is -2.30. The molecule has 8 heteroatoms. The molecule has 0 saturated carbocycles. The molecule has 1 amide bonds. The highest BCUT2D eigenvalue weighted by Crippen LogP contribution is 2.27. The van der Waals surface area contributed by atoms with Crippen molar-refractivity contribution in [1.82, 2.24) is 9.88 Å². The average molecular weight is 288 g/mol. The third-order valence-electron chi connectivity index (χ3n) is 3.13. The largest absolute Gasteiger partial charge is 0.481 e. The number of pyridine rings is 1. The van der Waals surface area contributed by atoms with Crippen LogP contribution in [0.15, 0.2) is 18.3 Å². The predicted octanol–water partition coefficient (Wildman–Crippen LogP) is 1.65. The molecular weight excluding hydrogens is 277 g/mol. The van der Waals surface area contributed by atoms with Gasteiger partial charge in [-0.2, -0.15) is 13.2 Å². The molecule has 0 bridgehead atoms. The van der Waals surface area contributed by atoms with Crippen LogP contribution in [-0.2, 0) is 11.0 Å². The first-order valence-corrected chi connectivity index (χ1v) is 5.84. The third-order valence-corrected chi connectivity index (χ3v) is 3.13. The molecule has 1 aliphatic heterocycles. The van der Waals surface area contributed by atoms with E-state index in [1.807, 2.05) is 0 Å². The lowest BCUT2D eigenvalue weighted by molar-refractivity contribution is -0.142. The van der Waals surface area contributed by atoms with Crippen LogP contribution in [0.4, 0.5) is 13.2 Å². The molecule has 2 rings (SSSR count). The van der Waals surface area contributed by atoms with Crippen LogP contribution in [0, 0.1) is 5.92 Å². The van der Waals surface area contributed by atoms with Crippen LogP contribution in [0.5, 0.6) is 0 Å². The van der Waals surface area contributed by atoms with Gasteiger partial charge in [0.15, 0.2) is 0 Å². The summed E-state index contributed by atoms with van der Waals surface area (Å²) in [5.41, 5.74) is -1.05. The number of aliphatic carboxylic acids is 1. The first-order valence-electron chi connectivity index (χ1n) is 5.84.